The molecule has 1 N–H and O–H groups in total. The van der Waals surface area contributed by atoms with Crippen molar-refractivity contribution in [2.45, 2.75) is 19.0 Å². The van der Waals surface area contributed by atoms with Crippen molar-refractivity contribution in [1.29, 1.82) is 5.26 Å². The quantitative estimate of drug-likeness (QED) is 0.855. The number of nitrogens with zero attached hydrogens (tertiary/aromatic N) is 1. The Hall–Kier alpha value is -1.79. The Morgan fingerprint density at radius 1 is 1.32 bits per heavy atom. The Labute approximate surface area is 144 Å². The van der Waals surface area contributed by atoms with E-state index in [4.69, 9.17) is 10.00 Å². The third-order valence-corrected chi connectivity index (χ3v) is 5.37. The van der Waals surface area contributed by atoms with Crippen LogP contribution in [0.25, 0.3) is 0 Å². The first-order chi connectivity index (χ1) is 11.5. The summed E-state index contributed by atoms with van der Waals surface area (Å²) in [4.78, 5) is 0. The van der Waals surface area contributed by atoms with Gasteiger partial charge < -0.3 is 10.1 Å². The molecule has 5 nitrogen and oxygen atoms in total. The summed E-state index contributed by atoms with van der Waals surface area (Å²) in [5, 5.41) is 11.7. The number of nitriles is 1. The largest absolute Gasteiger partial charge is 0.417 e. The second-order valence-electron chi connectivity index (χ2n) is 6.41. The van der Waals surface area contributed by atoms with Crippen molar-refractivity contribution in [2.24, 2.45) is 5.41 Å². The normalized spacial score (nSPS) is 17.7. The fourth-order valence-corrected chi connectivity index (χ4v) is 4.51. The lowest BCUT2D eigenvalue weighted by atomic mass is 9.82. The van der Waals surface area contributed by atoms with E-state index >= 15 is 0 Å². The minimum atomic E-state index is -4.63. The van der Waals surface area contributed by atoms with Crippen LogP contribution in [-0.2, 0) is 20.8 Å². The average molecular weight is 376 g/mol. The lowest BCUT2D eigenvalue weighted by Gasteiger charge is -2.37. The minimum absolute atomic E-state index is 0.0568. The maximum atomic E-state index is 13.0. The highest BCUT2D eigenvalue weighted by Crippen LogP contribution is 2.35. The third kappa shape index (κ3) is 5.34. The molecule has 1 saturated heterocycles. The van der Waals surface area contributed by atoms with Crippen molar-refractivity contribution in [1.82, 2.24) is 0 Å². The summed E-state index contributed by atoms with van der Waals surface area (Å²) in [5.41, 5.74) is -1.84. The first-order valence-corrected chi connectivity index (χ1v) is 9.71. The predicted molar refractivity (Wildman–Crippen MR) is 86.8 cm³/mol. The Kier molecular flexibility index (Phi) is 5.64. The van der Waals surface area contributed by atoms with Gasteiger partial charge in [-0.05, 0) is 31.0 Å². The minimum Gasteiger partial charge on any atom is -0.384 e. The van der Waals surface area contributed by atoms with Gasteiger partial charge in [0.1, 0.15) is 9.84 Å². The summed E-state index contributed by atoms with van der Waals surface area (Å²) in [6.45, 7) is 1.05. The summed E-state index contributed by atoms with van der Waals surface area (Å²) < 4.78 is 67.8. The van der Waals surface area contributed by atoms with Gasteiger partial charge >= 0.3 is 6.18 Å². The predicted octanol–water partition coefficient (Wildman–Crippen LogP) is 2.83. The molecule has 0 bridgehead atoms. The molecule has 138 valence electrons. The van der Waals surface area contributed by atoms with Gasteiger partial charge in [0.2, 0.25) is 0 Å². The molecule has 25 heavy (non-hydrogen) atoms. The van der Waals surface area contributed by atoms with Gasteiger partial charge in [0.15, 0.2) is 0 Å². The fourth-order valence-electron chi connectivity index (χ4n) is 3.01. The Balaban J connectivity index is 2.22. The van der Waals surface area contributed by atoms with Crippen LogP contribution in [0.4, 0.5) is 18.9 Å². The maximum absolute atomic E-state index is 13.0. The van der Waals surface area contributed by atoms with Crippen LogP contribution >= 0.6 is 0 Å². The highest BCUT2D eigenvalue weighted by Gasteiger charge is 2.37. The fraction of sp³-hybridized carbons (Fsp3) is 0.562. The molecule has 0 amide bonds. The molecule has 1 aliphatic heterocycles. The van der Waals surface area contributed by atoms with Crippen LogP contribution in [0.2, 0.25) is 0 Å². The van der Waals surface area contributed by atoms with E-state index in [0.717, 1.165) is 18.4 Å². The lowest BCUT2D eigenvalue weighted by molar-refractivity contribution is -0.137. The molecule has 0 unspecified atom stereocenters. The van der Waals surface area contributed by atoms with E-state index in [0.29, 0.717) is 26.1 Å². The van der Waals surface area contributed by atoms with Gasteiger partial charge in [0.25, 0.3) is 0 Å². The summed E-state index contributed by atoms with van der Waals surface area (Å²) in [6, 6.07) is 4.91. The molecule has 1 aliphatic rings. The topological polar surface area (TPSA) is 79.2 Å². The molecule has 0 aliphatic carbocycles. The van der Waals surface area contributed by atoms with Gasteiger partial charge in [-0.3, -0.25) is 0 Å². The molecule has 1 fully saturated rings. The molecule has 2 rings (SSSR count). The summed E-state index contributed by atoms with van der Waals surface area (Å²) >= 11 is 0. The highest BCUT2D eigenvalue weighted by molar-refractivity contribution is 7.90. The van der Waals surface area contributed by atoms with E-state index in [-0.39, 0.29) is 18.0 Å². The van der Waals surface area contributed by atoms with Crippen molar-refractivity contribution in [3.05, 3.63) is 29.3 Å². The van der Waals surface area contributed by atoms with Crippen molar-refractivity contribution in [3.63, 3.8) is 0 Å². The van der Waals surface area contributed by atoms with Crippen LogP contribution in [0, 0.1) is 16.7 Å². The standard InChI is InChI=1S/C16H19F3N2O3S/c1-25(22,23)11-15(4-6-24-7-5-15)10-21-13-3-2-12(9-20)14(8-13)16(17,18)19/h2-3,8,21H,4-7,10-11H2,1H3. The molecular formula is C16H19F3N2O3S. The van der Waals surface area contributed by atoms with Crippen LogP contribution in [0.15, 0.2) is 18.2 Å². The lowest BCUT2D eigenvalue weighted by Crippen LogP contribution is -2.41. The molecule has 9 heteroatoms. The second kappa shape index (κ2) is 7.22. The molecule has 0 saturated carbocycles. The second-order valence-corrected chi connectivity index (χ2v) is 8.55. The van der Waals surface area contributed by atoms with Crippen LogP contribution in [0.1, 0.15) is 24.0 Å². The van der Waals surface area contributed by atoms with Crippen LogP contribution < -0.4 is 5.32 Å². The van der Waals surface area contributed by atoms with Crippen LogP contribution in [-0.4, -0.2) is 40.2 Å². The number of anilines is 1. The molecule has 1 aromatic rings. The van der Waals surface area contributed by atoms with Gasteiger partial charge in [-0.25, -0.2) is 8.42 Å². The van der Waals surface area contributed by atoms with E-state index < -0.39 is 32.6 Å². The number of ether oxygens (including phenoxy) is 1. The van der Waals surface area contributed by atoms with Crippen molar-refractivity contribution < 1.29 is 26.3 Å². The number of hydrogen-bond donors (Lipinski definition) is 1. The highest BCUT2D eigenvalue weighted by atomic mass is 32.2. The summed E-state index contributed by atoms with van der Waals surface area (Å²) in [6.07, 6.45) is -2.47. The van der Waals surface area contributed by atoms with Crippen molar-refractivity contribution in [3.8, 4) is 6.07 Å². The zero-order chi connectivity index (χ0) is 18.7. The number of nitrogens with one attached hydrogen (secondary N) is 1. The first kappa shape index (κ1) is 19.5. The zero-order valence-corrected chi connectivity index (χ0v) is 14.5. The van der Waals surface area contributed by atoms with E-state index in [9.17, 15) is 21.6 Å². The number of hydrogen-bond acceptors (Lipinski definition) is 5. The number of sulfone groups is 1. The first-order valence-electron chi connectivity index (χ1n) is 7.65. The number of benzene rings is 1. The summed E-state index contributed by atoms with van der Waals surface area (Å²) in [5.74, 6) is -0.0568. The van der Waals surface area contributed by atoms with E-state index in [2.05, 4.69) is 5.32 Å². The van der Waals surface area contributed by atoms with E-state index in [1.54, 1.807) is 0 Å². The molecule has 1 aromatic carbocycles. The molecular weight excluding hydrogens is 357 g/mol. The SMILES string of the molecule is CS(=O)(=O)CC1(CNc2ccc(C#N)c(C(F)(F)F)c2)CCOCC1. The average Bonchev–Trinajstić information content (AvgIpc) is 2.51. The molecule has 0 spiro atoms. The smallest absolute Gasteiger partial charge is 0.384 e. The van der Waals surface area contributed by atoms with Crippen LogP contribution in [0.3, 0.4) is 0 Å². The number of alkyl halides is 3. The molecule has 0 aromatic heterocycles. The Bertz CT molecular complexity index is 764. The van der Waals surface area contributed by atoms with Gasteiger partial charge in [-0.1, -0.05) is 0 Å². The number of rotatable bonds is 5. The maximum Gasteiger partial charge on any atom is 0.417 e. The molecule has 0 atom stereocenters. The Morgan fingerprint density at radius 3 is 2.48 bits per heavy atom. The summed E-state index contributed by atoms with van der Waals surface area (Å²) in [7, 11) is -3.25. The monoisotopic (exact) mass is 376 g/mol. The van der Waals surface area contributed by atoms with Gasteiger partial charge in [0, 0.05) is 37.1 Å². The number of halogens is 3. The van der Waals surface area contributed by atoms with E-state index in [1.165, 1.54) is 12.1 Å². The van der Waals surface area contributed by atoms with Crippen LogP contribution in [0.5, 0.6) is 0 Å². The molecule has 0 radical (unpaired) electrons. The van der Waals surface area contributed by atoms with Gasteiger partial charge in [-0.15, -0.1) is 0 Å². The van der Waals surface area contributed by atoms with Gasteiger partial charge in [-0.2, -0.15) is 18.4 Å². The molecule has 1 heterocycles. The van der Waals surface area contributed by atoms with Crippen molar-refractivity contribution in [2.75, 3.05) is 37.1 Å². The van der Waals surface area contributed by atoms with Gasteiger partial charge in [0.05, 0.1) is 22.9 Å². The Morgan fingerprint density at radius 2 is 1.96 bits per heavy atom. The zero-order valence-electron chi connectivity index (χ0n) is 13.7. The van der Waals surface area contributed by atoms with E-state index in [1.807, 2.05) is 0 Å². The third-order valence-electron chi connectivity index (χ3n) is 4.23. The van der Waals surface area contributed by atoms with Crippen molar-refractivity contribution >= 4 is 15.5 Å².